The first-order valence-electron chi connectivity index (χ1n) is 9.55. The fraction of sp³-hybridized carbons (Fsp3) is 0.381. The van der Waals surface area contributed by atoms with Crippen LogP contribution in [0.25, 0.3) is 0 Å². The Morgan fingerprint density at radius 1 is 1.11 bits per heavy atom. The van der Waals surface area contributed by atoms with Gasteiger partial charge in [0.25, 0.3) is 0 Å². The quantitative estimate of drug-likeness (QED) is 0.829. The van der Waals surface area contributed by atoms with E-state index >= 15 is 0 Å². The van der Waals surface area contributed by atoms with Crippen molar-refractivity contribution < 1.29 is 18.3 Å². The average molecular weight is 387 g/mol. The summed E-state index contributed by atoms with van der Waals surface area (Å²) in [6.45, 7) is 2.45. The molecule has 1 fully saturated rings. The van der Waals surface area contributed by atoms with Crippen LogP contribution in [0.2, 0.25) is 0 Å². The van der Waals surface area contributed by atoms with Gasteiger partial charge in [-0.05, 0) is 36.1 Å². The molecule has 0 aliphatic carbocycles. The monoisotopic (exact) mass is 387 g/mol. The summed E-state index contributed by atoms with van der Waals surface area (Å²) in [4.78, 5) is 14.1. The highest BCUT2D eigenvalue weighted by Gasteiger charge is 2.25. The molecule has 2 aliphatic rings. The molecule has 2 aliphatic heterocycles. The molecule has 1 saturated heterocycles. The minimum absolute atomic E-state index is 0.0431. The van der Waals surface area contributed by atoms with Crippen LogP contribution in [0.1, 0.15) is 12.0 Å². The summed E-state index contributed by atoms with van der Waals surface area (Å²) in [5.41, 5.74) is 1.83. The maximum absolute atomic E-state index is 13.4. The van der Waals surface area contributed by atoms with Crippen LogP contribution in [0.3, 0.4) is 0 Å². The molecule has 0 saturated carbocycles. The molecule has 2 heterocycles. The van der Waals surface area contributed by atoms with Crippen LogP contribution >= 0.6 is 0 Å². The van der Waals surface area contributed by atoms with Crippen molar-refractivity contribution in [2.24, 2.45) is 5.92 Å². The number of anilines is 1. The SMILES string of the molecule is O=C(NCC1CCN(c2ccc(F)c(F)c2)C1)NCC1Cc2ccccc2O1. The van der Waals surface area contributed by atoms with Crippen LogP contribution in [0.4, 0.5) is 19.3 Å². The number of nitrogens with zero attached hydrogens (tertiary/aromatic N) is 1. The number of amides is 2. The van der Waals surface area contributed by atoms with Crippen molar-refractivity contribution in [2.45, 2.75) is 18.9 Å². The maximum atomic E-state index is 13.4. The van der Waals surface area contributed by atoms with E-state index in [4.69, 9.17) is 4.74 Å². The number of halogens is 2. The first-order chi connectivity index (χ1) is 13.6. The summed E-state index contributed by atoms with van der Waals surface area (Å²) in [7, 11) is 0. The third-order valence-electron chi connectivity index (χ3n) is 5.31. The predicted octanol–water partition coefficient (Wildman–Crippen LogP) is 3.09. The second kappa shape index (κ2) is 8.04. The molecule has 2 N–H and O–H groups in total. The summed E-state index contributed by atoms with van der Waals surface area (Å²) in [5, 5.41) is 5.76. The van der Waals surface area contributed by atoms with Gasteiger partial charge in [0.05, 0.1) is 6.54 Å². The van der Waals surface area contributed by atoms with E-state index in [1.54, 1.807) is 6.07 Å². The first kappa shape index (κ1) is 18.5. The van der Waals surface area contributed by atoms with Crippen LogP contribution in [-0.4, -0.2) is 38.3 Å². The third kappa shape index (κ3) is 4.18. The van der Waals surface area contributed by atoms with E-state index in [0.717, 1.165) is 36.8 Å². The van der Waals surface area contributed by atoms with Crippen LogP contribution in [-0.2, 0) is 6.42 Å². The highest BCUT2D eigenvalue weighted by Crippen LogP contribution is 2.28. The molecule has 4 rings (SSSR count). The highest BCUT2D eigenvalue weighted by atomic mass is 19.2. The smallest absolute Gasteiger partial charge is 0.314 e. The van der Waals surface area contributed by atoms with Crippen molar-refractivity contribution in [3.8, 4) is 5.75 Å². The lowest BCUT2D eigenvalue weighted by Gasteiger charge is -2.19. The molecular formula is C21H23F2N3O2. The fourth-order valence-corrected chi connectivity index (χ4v) is 3.79. The number of rotatable bonds is 5. The molecule has 2 atom stereocenters. The van der Waals surface area contributed by atoms with Crippen molar-refractivity contribution in [2.75, 3.05) is 31.1 Å². The summed E-state index contributed by atoms with van der Waals surface area (Å²) < 4.78 is 32.3. The number of para-hydroxylation sites is 1. The molecule has 2 unspecified atom stereocenters. The van der Waals surface area contributed by atoms with Gasteiger partial charge in [0.2, 0.25) is 0 Å². The largest absolute Gasteiger partial charge is 0.488 e. The minimum atomic E-state index is -0.841. The van der Waals surface area contributed by atoms with Gasteiger partial charge in [0.15, 0.2) is 11.6 Å². The van der Waals surface area contributed by atoms with Gasteiger partial charge in [-0.3, -0.25) is 0 Å². The topological polar surface area (TPSA) is 53.6 Å². The van der Waals surface area contributed by atoms with E-state index in [-0.39, 0.29) is 18.1 Å². The fourth-order valence-electron chi connectivity index (χ4n) is 3.79. The van der Waals surface area contributed by atoms with E-state index in [9.17, 15) is 13.6 Å². The van der Waals surface area contributed by atoms with Gasteiger partial charge in [0.1, 0.15) is 11.9 Å². The Morgan fingerprint density at radius 3 is 2.75 bits per heavy atom. The number of ether oxygens (including phenoxy) is 1. The van der Waals surface area contributed by atoms with Gasteiger partial charge >= 0.3 is 6.03 Å². The Hall–Kier alpha value is -2.83. The predicted molar refractivity (Wildman–Crippen MR) is 103 cm³/mol. The lowest BCUT2D eigenvalue weighted by Crippen LogP contribution is -2.42. The number of urea groups is 1. The highest BCUT2D eigenvalue weighted by molar-refractivity contribution is 5.73. The van der Waals surface area contributed by atoms with Crippen LogP contribution in [0.5, 0.6) is 5.75 Å². The number of benzene rings is 2. The van der Waals surface area contributed by atoms with Crippen LogP contribution in [0.15, 0.2) is 42.5 Å². The minimum Gasteiger partial charge on any atom is -0.488 e. The number of carbonyl (C=O) groups excluding carboxylic acids is 1. The zero-order chi connectivity index (χ0) is 19.5. The van der Waals surface area contributed by atoms with E-state index < -0.39 is 11.6 Å². The van der Waals surface area contributed by atoms with Crippen LogP contribution in [0, 0.1) is 17.6 Å². The molecule has 0 radical (unpaired) electrons. The van der Waals surface area contributed by atoms with Crippen molar-refractivity contribution in [1.29, 1.82) is 0 Å². The molecule has 148 valence electrons. The molecule has 0 aromatic heterocycles. The number of hydrogen-bond acceptors (Lipinski definition) is 3. The van der Waals surface area contributed by atoms with Gasteiger partial charge in [0, 0.05) is 37.8 Å². The summed E-state index contributed by atoms with van der Waals surface area (Å²) in [6, 6.07) is 11.6. The summed E-state index contributed by atoms with van der Waals surface area (Å²) >= 11 is 0. The van der Waals surface area contributed by atoms with Crippen molar-refractivity contribution >= 4 is 11.7 Å². The van der Waals surface area contributed by atoms with Crippen molar-refractivity contribution in [1.82, 2.24) is 10.6 Å². The van der Waals surface area contributed by atoms with Gasteiger partial charge in [-0.25, -0.2) is 13.6 Å². The van der Waals surface area contributed by atoms with E-state index in [0.29, 0.717) is 25.3 Å². The number of hydrogen-bond donors (Lipinski definition) is 2. The van der Waals surface area contributed by atoms with E-state index in [1.165, 1.54) is 6.07 Å². The second-order valence-corrected chi connectivity index (χ2v) is 7.34. The van der Waals surface area contributed by atoms with Gasteiger partial charge in [-0.15, -0.1) is 0 Å². The second-order valence-electron chi connectivity index (χ2n) is 7.34. The normalized spacial score (nSPS) is 20.6. The van der Waals surface area contributed by atoms with Crippen LogP contribution < -0.4 is 20.3 Å². The lowest BCUT2D eigenvalue weighted by molar-refractivity contribution is 0.213. The molecule has 2 aromatic rings. The Morgan fingerprint density at radius 2 is 1.93 bits per heavy atom. The molecule has 2 aromatic carbocycles. The molecular weight excluding hydrogens is 364 g/mol. The summed E-state index contributed by atoms with van der Waals surface area (Å²) in [6.07, 6.45) is 1.64. The Balaban J connectivity index is 1.18. The average Bonchev–Trinajstić information content (AvgIpc) is 3.33. The molecule has 0 spiro atoms. The molecule has 2 amide bonds. The van der Waals surface area contributed by atoms with Gasteiger partial charge in [-0.1, -0.05) is 18.2 Å². The van der Waals surface area contributed by atoms with Gasteiger partial charge in [-0.2, -0.15) is 0 Å². The number of carbonyl (C=O) groups is 1. The first-order valence-corrected chi connectivity index (χ1v) is 9.55. The number of nitrogens with one attached hydrogen (secondary N) is 2. The molecule has 28 heavy (non-hydrogen) atoms. The Kier molecular flexibility index (Phi) is 5.32. The van der Waals surface area contributed by atoms with E-state index in [1.807, 2.05) is 29.2 Å². The Labute approximate surface area is 162 Å². The van der Waals surface area contributed by atoms with E-state index in [2.05, 4.69) is 10.6 Å². The lowest BCUT2D eigenvalue weighted by atomic mass is 10.1. The summed E-state index contributed by atoms with van der Waals surface area (Å²) in [5.74, 6) is -0.522. The van der Waals surface area contributed by atoms with Gasteiger partial charge < -0.3 is 20.3 Å². The third-order valence-corrected chi connectivity index (χ3v) is 5.31. The van der Waals surface area contributed by atoms with Crippen molar-refractivity contribution in [3.05, 3.63) is 59.7 Å². The number of fused-ring (bicyclic) bond motifs is 1. The standard InChI is InChI=1S/C21H23F2N3O2/c22-18-6-5-16(10-19(18)23)26-8-7-14(13-26)11-24-21(27)25-12-17-9-15-3-1-2-4-20(15)28-17/h1-6,10,14,17H,7-9,11-13H2,(H2,24,25,27). The molecule has 0 bridgehead atoms. The molecule has 7 heteroatoms. The Bertz CT molecular complexity index is 836. The molecule has 5 nitrogen and oxygen atoms in total. The zero-order valence-electron chi connectivity index (χ0n) is 15.5. The zero-order valence-corrected chi connectivity index (χ0v) is 15.5. The maximum Gasteiger partial charge on any atom is 0.314 e. The van der Waals surface area contributed by atoms with Crippen molar-refractivity contribution in [3.63, 3.8) is 0 Å².